The topological polar surface area (TPSA) is 127 Å². The van der Waals surface area contributed by atoms with Crippen molar-refractivity contribution in [2.75, 3.05) is 17.1 Å². The Kier molecular flexibility index (Phi) is 3.76. The number of hydrogen-bond donors (Lipinski definition) is 2. The number of rotatable bonds is 5. The minimum absolute atomic E-state index is 0.144. The van der Waals surface area contributed by atoms with Crippen LogP contribution in [0.25, 0.3) is 0 Å². The number of non-ortho nitro benzene ring substituents is 1. The van der Waals surface area contributed by atoms with Crippen LogP contribution in [0.4, 0.5) is 21.6 Å². The quantitative estimate of drug-likeness (QED) is 0.633. The predicted molar refractivity (Wildman–Crippen MR) is 69.9 cm³/mol. The lowest BCUT2D eigenvalue weighted by molar-refractivity contribution is -0.385. The van der Waals surface area contributed by atoms with E-state index in [1.54, 1.807) is 0 Å². The molecule has 1 heterocycles. The molecule has 1 aromatic carbocycles. The van der Waals surface area contributed by atoms with Gasteiger partial charge in [0.05, 0.1) is 16.7 Å². The molecule has 0 fully saturated rings. The van der Waals surface area contributed by atoms with Crippen molar-refractivity contribution in [3.05, 3.63) is 40.4 Å². The molecule has 0 saturated carbocycles. The van der Waals surface area contributed by atoms with Gasteiger partial charge < -0.3 is 9.84 Å². The van der Waals surface area contributed by atoms with E-state index in [0.717, 1.165) is 12.3 Å². The number of anilines is 2. The highest BCUT2D eigenvalue weighted by Crippen LogP contribution is 2.30. The molecule has 2 rings (SSSR count). The molecule has 0 radical (unpaired) electrons. The van der Waals surface area contributed by atoms with Crippen LogP contribution in [0.5, 0.6) is 0 Å². The molecule has 0 aliphatic carbocycles. The molecular formula is C10H9FN4O5S. The maximum atomic E-state index is 14.0. The Morgan fingerprint density at radius 2 is 2.14 bits per heavy atom. The Hall–Kier alpha value is -2.69. The third-order valence-electron chi connectivity index (χ3n) is 2.45. The molecule has 1 aromatic heterocycles. The minimum Gasteiger partial charge on any atom is -0.387 e. The minimum atomic E-state index is -4.33. The number of nitro groups is 1. The summed E-state index contributed by atoms with van der Waals surface area (Å²) in [6.45, 7) is 0. The highest BCUT2D eigenvalue weighted by molar-refractivity contribution is 7.92. The van der Waals surface area contributed by atoms with Gasteiger partial charge in [0.15, 0.2) is 11.6 Å². The van der Waals surface area contributed by atoms with E-state index in [4.69, 9.17) is 0 Å². The number of aromatic nitrogens is 1. The summed E-state index contributed by atoms with van der Waals surface area (Å²) in [5, 5.41) is 16.4. The molecule has 9 nitrogen and oxygen atoms in total. The van der Waals surface area contributed by atoms with E-state index in [9.17, 15) is 22.9 Å². The maximum Gasteiger partial charge on any atom is 0.274 e. The molecule has 21 heavy (non-hydrogen) atoms. The normalized spacial score (nSPS) is 11.1. The number of hydrogen-bond acceptors (Lipinski definition) is 7. The second-order valence-electron chi connectivity index (χ2n) is 3.80. The summed E-state index contributed by atoms with van der Waals surface area (Å²) in [5.74, 6) is -1.40. The predicted octanol–water partition coefficient (Wildman–Crippen LogP) is 1.56. The zero-order valence-corrected chi connectivity index (χ0v) is 11.3. The Labute approximate surface area is 117 Å². The van der Waals surface area contributed by atoms with Crippen LogP contribution in [0.15, 0.2) is 33.9 Å². The second kappa shape index (κ2) is 5.36. The standard InChI is InChI=1S/C10H9FN4O5S/c1-12-8-5-6(15(16)17)4-7(11)10(8)21(18,19)14-9-2-3-20-13-9/h2-5,12H,1H3,(H,13,14). The highest BCUT2D eigenvalue weighted by Gasteiger charge is 2.27. The van der Waals surface area contributed by atoms with Crippen molar-refractivity contribution in [1.29, 1.82) is 0 Å². The van der Waals surface area contributed by atoms with Crippen LogP contribution in [-0.2, 0) is 10.0 Å². The van der Waals surface area contributed by atoms with Gasteiger partial charge in [-0.3, -0.25) is 14.8 Å². The van der Waals surface area contributed by atoms with Crippen LogP contribution in [0, 0.1) is 15.9 Å². The molecule has 0 atom stereocenters. The van der Waals surface area contributed by atoms with Crippen molar-refractivity contribution >= 4 is 27.2 Å². The third kappa shape index (κ3) is 2.91. The first kappa shape index (κ1) is 14.7. The fourth-order valence-corrected chi connectivity index (χ4v) is 2.85. The van der Waals surface area contributed by atoms with Crippen LogP contribution < -0.4 is 10.0 Å². The highest BCUT2D eigenvalue weighted by atomic mass is 32.2. The van der Waals surface area contributed by atoms with Gasteiger partial charge in [-0.2, -0.15) is 0 Å². The molecule has 2 aromatic rings. The number of halogens is 1. The number of nitro benzene ring substituents is 1. The third-order valence-corrected chi connectivity index (χ3v) is 3.88. The average Bonchev–Trinajstić information content (AvgIpc) is 2.89. The Morgan fingerprint density at radius 3 is 2.67 bits per heavy atom. The van der Waals surface area contributed by atoms with Crippen molar-refractivity contribution in [1.82, 2.24) is 5.16 Å². The number of sulfonamides is 1. The van der Waals surface area contributed by atoms with Crippen LogP contribution in [-0.4, -0.2) is 25.5 Å². The average molecular weight is 316 g/mol. The van der Waals surface area contributed by atoms with E-state index in [2.05, 4.69) is 15.0 Å². The fourth-order valence-electron chi connectivity index (χ4n) is 1.60. The second-order valence-corrected chi connectivity index (χ2v) is 5.42. The molecule has 0 unspecified atom stereocenters. The summed E-state index contributed by atoms with van der Waals surface area (Å²) in [7, 11) is -3.02. The van der Waals surface area contributed by atoms with Crippen molar-refractivity contribution < 1.29 is 22.3 Å². The van der Waals surface area contributed by atoms with E-state index >= 15 is 0 Å². The van der Waals surface area contributed by atoms with Gasteiger partial charge in [0.2, 0.25) is 0 Å². The molecule has 0 bridgehead atoms. The van der Waals surface area contributed by atoms with E-state index in [1.165, 1.54) is 13.1 Å². The fraction of sp³-hybridized carbons (Fsp3) is 0.100. The molecule has 112 valence electrons. The van der Waals surface area contributed by atoms with Crippen LogP contribution >= 0.6 is 0 Å². The zero-order chi connectivity index (χ0) is 15.6. The van der Waals surface area contributed by atoms with Gasteiger partial charge in [-0.15, -0.1) is 0 Å². The first-order chi connectivity index (χ1) is 9.85. The van der Waals surface area contributed by atoms with E-state index < -0.39 is 31.3 Å². The van der Waals surface area contributed by atoms with Crippen LogP contribution in [0.2, 0.25) is 0 Å². The lowest BCUT2D eigenvalue weighted by atomic mass is 10.2. The van der Waals surface area contributed by atoms with Gasteiger partial charge in [-0.25, -0.2) is 12.8 Å². The van der Waals surface area contributed by atoms with Gasteiger partial charge in [0.1, 0.15) is 11.2 Å². The first-order valence-electron chi connectivity index (χ1n) is 5.44. The van der Waals surface area contributed by atoms with Crippen molar-refractivity contribution in [2.45, 2.75) is 4.90 Å². The summed E-state index contributed by atoms with van der Waals surface area (Å²) in [6, 6.07) is 2.67. The van der Waals surface area contributed by atoms with Crippen LogP contribution in [0.1, 0.15) is 0 Å². The summed E-state index contributed by atoms with van der Waals surface area (Å²) in [4.78, 5) is 9.08. The van der Waals surface area contributed by atoms with E-state index in [0.29, 0.717) is 6.07 Å². The van der Waals surface area contributed by atoms with Crippen LogP contribution in [0.3, 0.4) is 0 Å². The Morgan fingerprint density at radius 1 is 1.43 bits per heavy atom. The molecular weight excluding hydrogens is 307 g/mol. The van der Waals surface area contributed by atoms with Gasteiger partial charge in [0.25, 0.3) is 15.7 Å². The molecule has 11 heteroatoms. The monoisotopic (exact) mass is 316 g/mol. The number of nitrogens with one attached hydrogen (secondary N) is 2. The molecule has 0 saturated heterocycles. The first-order valence-corrected chi connectivity index (χ1v) is 6.92. The van der Waals surface area contributed by atoms with Crippen molar-refractivity contribution in [2.24, 2.45) is 0 Å². The van der Waals surface area contributed by atoms with E-state index in [1.807, 2.05) is 4.72 Å². The number of benzene rings is 1. The summed E-state index contributed by atoms with van der Waals surface area (Å²) < 4.78 is 44.7. The van der Waals surface area contributed by atoms with Gasteiger partial charge in [-0.05, 0) is 0 Å². The van der Waals surface area contributed by atoms with Gasteiger partial charge >= 0.3 is 0 Å². The van der Waals surface area contributed by atoms with Crippen molar-refractivity contribution in [3.8, 4) is 0 Å². The van der Waals surface area contributed by atoms with E-state index in [-0.39, 0.29) is 11.5 Å². The number of nitrogens with zero attached hydrogens (tertiary/aromatic N) is 2. The molecule has 2 N–H and O–H groups in total. The summed E-state index contributed by atoms with van der Waals surface area (Å²) in [6.07, 6.45) is 1.13. The largest absolute Gasteiger partial charge is 0.387 e. The SMILES string of the molecule is CNc1cc([N+](=O)[O-])cc(F)c1S(=O)(=O)Nc1ccon1. The Bertz CT molecular complexity index is 775. The molecule has 0 amide bonds. The maximum absolute atomic E-state index is 14.0. The smallest absolute Gasteiger partial charge is 0.274 e. The molecule has 0 aliphatic rings. The lowest BCUT2D eigenvalue weighted by Gasteiger charge is -2.11. The van der Waals surface area contributed by atoms with Gasteiger partial charge in [-0.1, -0.05) is 5.16 Å². The Balaban J connectivity index is 2.54. The molecule has 0 spiro atoms. The molecule has 0 aliphatic heterocycles. The zero-order valence-electron chi connectivity index (χ0n) is 10.5. The lowest BCUT2D eigenvalue weighted by Crippen LogP contribution is -2.17. The summed E-state index contributed by atoms with van der Waals surface area (Å²) in [5.41, 5.74) is -0.824. The summed E-state index contributed by atoms with van der Waals surface area (Å²) >= 11 is 0. The van der Waals surface area contributed by atoms with Gasteiger partial charge in [0, 0.05) is 19.2 Å². The van der Waals surface area contributed by atoms with Crippen molar-refractivity contribution in [3.63, 3.8) is 0 Å².